The molecule has 3 fully saturated rings. The lowest BCUT2D eigenvalue weighted by atomic mass is 9.94. The van der Waals surface area contributed by atoms with Crippen LogP contribution in [0.25, 0.3) is 0 Å². The molecular weight excluding hydrogens is 548 g/mol. The lowest BCUT2D eigenvalue weighted by molar-refractivity contribution is -0.367. The second-order valence-corrected chi connectivity index (χ2v) is 9.81. The molecule has 40 heavy (non-hydrogen) atoms. The third kappa shape index (κ3) is 7.05. The van der Waals surface area contributed by atoms with Gasteiger partial charge < -0.3 is 80.3 Å². The van der Waals surface area contributed by atoms with E-state index in [0.29, 0.717) is 0 Å². The predicted molar refractivity (Wildman–Crippen MR) is 124 cm³/mol. The summed E-state index contributed by atoms with van der Waals surface area (Å²) >= 11 is 0. The van der Waals surface area contributed by atoms with Crippen molar-refractivity contribution in [3.05, 3.63) is 0 Å². The zero-order valence-corrected chi connectivity index (χ0v) is 21.7. The fourth-order valence-corrected chi connectivity index (χ4v) is 4.86. The van der Waals surface area contributed by atoms with E-state index in [0.717, 1.165) is 13.8 Å². The van der Waals surface area contributed by atoms with E-state index in [2.05, 4.69) is 10.6 Å². The summed E-state index contributed by atoms with van der Waals surface area (Å²) in [6.07, 6.45) is -21.4. The van der Waals surface area contributed by atoms with Crippen LogP contribution < -0.4 is 10.6 Å². The van der Waals surface area contributed by atoms with Gasteiger partial charge in [-0.05, 0) is 0 Å². The third-order valence-electron chi connectivity index (χ3n) is 6.90. The number of carbonyl (C=O) groups excluding carboxylic acids is 2. The number of ether oxygens (including phenoxy) is 5. The zero-order chi connectivity index (χ0) is 29.9. The van der Waals surface area contributed by atoms with Crippen molar-refractivity contribution in [1.29, 1.82) is 0 Å². The highest BCUT2D eigenvalue weighted by Gasteiger charge is 2.54. The smallest absolute Gasteiger partial charge is 0.217 e. The van der Waals surface area contributed by atoms with Crippen LogP contribution in [0.4, 0.5) is 0 Å². The molecule has 3 rings (SSSR count). The van der Waals surface area contributed by atoms with Gasteiger partial charge >= 0.3 is 0 Å². The van der Waals surface area contributed by atoms with Gasteiger partial charge in [0.05, 0.1) is 19.8 Å². The highest BCUT2D eigenvalue weighted by molar-refractivity contribution is 5.73. The SMILES string of the molecule is CC(=O)N[C@@H]1[C@@H](O[C@H]2[C@@H](O)[C@H](CO)O[C@@H](O[C@@H]3[C@H](O)[C@@H](NC(C)=O)[C@H](O)O[C@H]3CO)[C@@H]2O)O[C@H](CO)[C@H](O)[C@@H]1O. The molecule has 18 nitrogen and oxygen atoms in total. The van der Waals surface area contributed by atoms with Gasteiger partial charge in [0.1, 0.15) is 73.1 Å². The fourth-order valence-electron chi connectivity index (χ4n) is 4.86. The number of rotatable bonds is 9. The Morgan fingerprint density at radius 3 is 1.65 bits per heavy atom. The summed E-state index contributed by atoms with van der Waals surface area (Å²) in [7, 11) is 0. The quantitative estimate of drug-likeness (QED) is 0.120. The van der Waals surface area contributed by atoms with Crippen LogP contribution in [-0.2, 0) is 33.3 Å². The minimum Gasteiger partial charge on any atom is -0.394 e. The molecule has 11 N–H and O–H groups in total. The summed E-state index contributed by atoms with van der Waals surface area (Å²) in [5.41, 5.74) is 0. The second-order valence-electron chi connectivity index (χ2n) is 9.81. The van der Waals surface area contributed by atoms with E-state index in [4.69, 9.17) is 23.7 Å². The van der Waals surface area contributed by atoms with Crippen molar-refractivity contribution in [2.45, 2.75) is 106 Å². The van der Waals surface area contributed by atoms with Gasteiger partial charge in [-0.1, -0.05) is 0 Å². The molecule has 3 saturated heterocycles. The van der Waals surface area contributed by atoms with Crippen LogP contribution in [0.3, 0.4) is 0 Å². The zero-order valence-electron chi connectivity index (χ0n) is 21.7. The molecule has 18 heteroatoms. The molecule has 0 bridgehead atoms. The van der Waals surface area contributed by atoms with Crippen molar-refractivity contribution in [1.82, 2.24) is 10.6 Å². The van der Waals surface area contributed by atoms with Crippen molar-refractivity contribution in [3.63, 3.8) is 0 Å². The van der Waals surface area contributed by atoms with E-state index in [9.17, 15) is 55.5 Å². The number of aliphatic hydroxyl groups is 9. The minimum absolute atomic E-state index is 0.631. The van der Waals surface area contributed by atoms with Crippen LogP contribution in [-0.4, -0.2) is 170 Å². The maximum Gasteiger partial charge on any atom is 0.217 e. The van der Waals surface area contributed by atoms with E-state index in [1.54, 1.807) is 0 Å². The Bertz CT molecular complexity index is 854. The second kappa shape index (κ2) is 14.0. The van der Waals surface area contributed by atoms with Crippen molar-refractivity contribution in [2.24, 2.45) is 0 Å². The first kappa shape index (κ1) is 32.9. The lowest BCUT2D eigenvalue weighted by Crippen LogP contribution is -2.69. The van der Waals surface area contributed by atoms with E-state index in [1.807, 2.05) is 0 Å². The Labute approximate surface area is 228 Å². The van der Waals surface area contributed by atoms with E-state index in [-0.39, 0.29) is 0 Å². The van der Waals surface area contributed by atoms with E-state index < -0.39 is 124 Å². The third-order valence-corrected chi connectivity index (χ3v) is 6.90. The Morgan fingerprint density at radius 2 is 1.10 bits per heavy atom. The van der Waals surface area contributed by atoms with Crippen molar-refractivity contribution < 1.29 is 79.2 Å². The van der Waals surface area contributed by atoms with Crippen LogP contribution in [0.1, 0.15) is 13.8 Å². The molecule has 0 radical (unpaired) electrons. The molecule has 15 atom stereocenters. The van der Waals surface area contributed by atoms with Crippen molar-refractivity contribution in [3.8, 4) is 0 Å². The minimum atomic E-state index is -1.92. The molecule has 232 valence electrons. The summed E-state index contributed by atoms with van der Waals surface area (Å²) in [5.74, 6) is -1.29. The van der Waals surface area contributed by atoms with E-state index >= 15 is 0 Å². The maximum atomic E-state index is 11.7. The van der Waals surface area contributed by atoms with Gasteiger partial charge in [0.15, 0.2) is 18.9 Å². The molecule has 0 aromatic carbocycles. The number of hydrogen-bond acceptors (Lipinski definition) is 16. The average molecular weight is 587 g/mol. The van der Waals surface area contributed by atoms with Crippen LogP contribution >= 0.6 is 0 Å². The number of nitrogens with one attached hydrogen (secondary N) is 2. The van der Waals surface area contributed by atoms with Crippen molar-refractivity contribution in [2.75, 3.05) is 19.8 Å². The highest BCUT2D eigenvalue weighted by atomic mass is 16.7. The monoisotopic (exact) mass is 586 g/mol. The Hall–Kier alpha value is -1.62. The molecule has 3 aliphatic rings. The largest absolute Gasteiger partial charge is 0.394 e. The van der Waals surface area contributed by atoms with Gasteiger partial charge in [-0.15, -0.1) is 0 Å². The molecular formula is C22H38N2O16. The first-order chi connectivity index (χ1) is 18.8. The van der Waals surface area contributed by atoms with Gasteiger partial charge in [0.2, 0.25) is 11.8 Å². The topological polar surface area (TPSA) is 286 Å². The van der Waals surface area contributed by atoms with Crippen LogP contribution in [0, 0.1) is 0 Å². The number of amides is 2. The van der Waals surface area contributed by atoms with E-state index in [1.165, 1.54) is 0 Å². The maximum absolute atomic E-state index is 11.7. The van der Waals surface area contributed by atoms with Gasteiger partial charge in [0.25, 0.3) is 0 Å². The predicted octanol–water partition coefficient (Wildman–Crippen LogP) is -7.29. The number of carbonyl (C=O) groups is 2. The van der Waals surface area contributed by atoms with Crippen molar-refractivity contribution >= 4 is 11.8 Å². The molecule has 0 saturated carbocycles. The summed E-state index contributed by atoms with van der Waals surface area (Å²) in [5, 5.41) is 97.2. The highest BCUT2D eigenvalue weighted by Crippen LogP contribution is 2.32. The summed E-state index contributed by atoms with van der Waals surface area (Å²) < 4.78 is 27.5. The first-order valence-electron chi connectivity index (χ1n) is 12.6. The summed E-state index contributed by atoms with van der Waals surface area (Å²) in [6.45, 7) is -0.140. The molecule has 0 aromatic rings. The summed E-state index contributed by atoms with van der Waals surface area (Å²) in [4.78, 5) is 23.3. The molecule has 0 spiro atoms. The van der Waals surface area contributed by atoms with Gasteiger partial charge in [0, 0.05) is 13.8 Å². The molecule has 2 amide bonds. The first-order valence-corrected chi connectivity index (χ1v) is 12.6. The molecule has 3 aliphatic heterocycles. The molecule has 3 heterocycles. The Balaban J connectivity index is 1.85. The Morgan fingerprint density at radius 1 is 0.600 bits per heavy atom. The molecule has 0 aliphatic carbocycles. The fraction of sp³-hybridized carbons (Fsp3) is 0.909. The molecule has 0 unspecified atom stereocenters. The average Bonchev–Trinajstić information content (AvgIpc) is 2.90. The standard InChI is InChI=1S/C22H38N2O16/c1-6(28)23-11-16(33)18(10(5-27)36-20(11)35)39-22-17(34)19(14(31)9(4-26)38-22)40-21-12(24-7(2)29)15(32)13(30)8(3-25)37-21/h8-22,25-27,30-35H,3-5H2,1-2H3,(H,23,28)(H,24,29)/t8-,9+,10+,11-,12+,13+,14+,15-,16-,17-,18+,19+,20-,21-,22+/m1/s1. The number of hydrogen-bond donors (Lipinski definition) is 11. The van der Waals surface area contributed by atoms with Gasteiger partial charge in [-0.3, -0.25) is 9.59 Å². The van der Waals surface area contributed by atoms with Gasteiger partial charge in [-0.2, -0.15) is 0 Å². The van der Waals surface area contributed by atoms with Gasteiger partial charge in [-0.25, -0.2) is 0 Å². The van der Waals surface area contributed by atoms with Crippen LogP contribution in [0.5, 0.6) is 0 Å². The van der Waals surface area contributed by atoms with Crippen LogP contribution in [0.15, 0.2) is 0 Å². The number of aliphatic hydroxyl groups excluding tert-OH is 9. The lowest BCUT2D eigenvalue weighted by Gasteiger charge is -2.48. The van der Waals surface area contributed by atoms with Crippen LogP contribution in [0.2, 0.25) is 0 Å². The summed E-state index contributed by atoms with van der Waals surface area (Å²) in [6, 6.07) is -2.84. The normalized spacial score (nSPS) is 46.0. The molecule has 0 aromatic heterocycles. The Kier molecular flexibility index (Phi) is 11.5.